The molecule has 120 valence electrons. The Bertz CT molecular complexity index is 809. The summed E-state index contributed by atoms with van der Waals surface area (Å²) >= 11 is 0. The van der Waals surface area contributed by atoms with Gasteiger partial charge in [-0.05, 0) is 36.4 Å². The molecule has 0 radical (unpaired) electrons. The molecule has 0 bridgehead atoms. The maximum Gasteiger partial charge on any atom is 0.176 e. The lowest BCUT2D eigenvalue weighted by Gasteiger charge is -2.27. The Hall–Kier alpha value is -3.05. The van der Waals surface area contributed by atoms with Gasteiger partial charge in [0.2, 0.25) is 0 Å². The molecule has 1 aromatic heterocycles. The Morgan fingerprint density at radius 2 is 1.29 bits per heavy atom. The molecule has 3 aromatic rings. The number of rotatable bonds is 3. The molecule has 0 fully saturated rings. The number of halogens is 1. The zero-order valence-electron chi connectivity index (χ0n) is 12.8. The highest BCUT2D eigenvalue weighted by Gasteiger charge is 2.25. The largest absolute Gasteiger partial charge is 0.265 e. The number of hydrogen-bond donors (Lipinski definition) is 1. The fourth-order valence-electron chi connectivity index (χ4n) is 2.42. The Labute approximate surface area is 146 Å². The highest BCUT2D eigenvalue weighted by molar-refractivity contribution is 6.02. The van der Waals surface area contributed by atoms with Crippen LogP contribution in [0, 0.1) is 0 Å². The first-order chi connectivity index (χ1) is 11.4. The van der Waals surface area contributed by atoms with Crippen LogP contribution in [0.25, 0.3) is 0 Å². The molecule has 0 saturated carbocycles. The molecule has 0 unspecified atom stereocenters. The number of nitrogens with zero attached hydrogens (tertiary/aromatic N) is 4. The molecule has 0 spiro atoms. The van der Waals surface area contributed by atoms with Crippen molar-refractivity contribution in [3.63, 3.8) is 0 Å². The lowest BCUT2D eigenvalue weighted by atomic mass is 10.2. The number of hydrazine groups is 2. The standard InChI is InChI=1S/C18H15N5.ClH/c1-3-7-16(8-4-1)22-20-18(15-11-13-19-14-12-15)21-23(22)17-9-5-2-6-10-17;/h1-14H,(H,20,21);1H. The number of hydrazone groups is 1. The first-order valence-electron chi connectivity index (χ1n) is 7.38. The number of aromatic nitrogens is 1. The van der Waals surface area contributed by atoms with Crippen LogP contribution in [0.15, 0.2) is 90.3 Å². The van der Waals surface area contributed by atoms with E-state index in [1.54, 1.807) is 12.4 Å². The summed E-state index contributed by atoms with van der Waals surface area (Å²) in [4.78, 5) is 4.06. The molecule has 0 amide bonds. The summed E-state index contributed by atoms with van der Waals surface area (Å²) < 4.78 is 0. The van der Waals surface area contributed by atoms with Crippen LogP contribution < -0.4 is 15.7 Å². The van der Waals surface area contributed by atoms with Gasteiger partial charge >= 0.3 is 0 Å². The van der Waals surface area contributed by atoms with Crippen LogP contribution in [0.4, 0.5) is 11.4 Å². The molecule has 1 N–H and O–H groups in total. The van der Waals surface area contributed by atoms with Crippen molar-refractivity contribution in [2.45, 2.75) is 0 Å². The second kappa shape index (κ2) is 7.02. The van der Waals surface area contributed by atoms with Crippen LogP contribution in [0.5, 0.6) is 0 Å². The van der Waals surface area contributed by atoms with Crippen molar-refractivity contribution in [3.8, 4) is 0 Å². The first kappa shape index (κ1) is 15.8. The van der Waals surface area contributed by atoms with Crippen molar-refractivity contribution in [2.24, 2.45) is 5.10 Å². The van der Waals surface area contributed by atoms with E-state index >= 15 is 0 Å². The molecular formula is C18H16ClN5. The number of amidine groups is 1. The van der Waals surface area contributed by atoms with Gasteiger partial charge < -0.3 is 0 Å². The highest BCUT2D eigenvalue weighted by atomic mass is 35.5. The summed E-state index contributed by atoms with van der Waals surface area (Å²) in [5.74, 6) is 0.778. The van der Waals surface area contributed by atoms with Gasteiger partial charge in [-0.3, -0.25) is 10.4 Å². The normalized spacial score (nSPS) is 13.1. The number of pyridine rings is 1. The third kappa shape index (κ3) is 3.02. The van der Waals surface area contributed by atoms with E-state index in [0.717, 1.165) is 22.8 Å². The molecule has 6 heteroatoms. The van der Waals surface area contributed by atoms with Gasteiger partial charge in [-0.1, -0.05) is 36.4 Å². The van der Waals surface area contributed by atoms with E-state index in [9.17, 15) is 0 Å². The van der Waals surface area contributed by atoms with Crippen molar-refractivity contribution in [1.29, 1.82) is 0 Å². The van der Waals surface area contributed by atoms with E-state index in [0.29, 0.717) is 0 Å². The summed E-state index contributed by atoms with van der Waals surface area (Å²) in [7, 11) is 0. The van der Waals surface area contributed by atoms with Crippen LogP contribution in [-0.2, 0) is 0 Å². The van der Waals surface area contributed by atoms with E-state index in [1.165, 1.54) is 0 Å². The fourth-order valence-corrected chi connectivity index (χ4v) is 2.42. The summed E-state index contributed by atoms with van der Waals surface area (Å²) in [6.07, 6.45) is 3.52. The zero-order chi connectivity index (χ0) is 15.5. The quantitative estimate of drug-likeness (QED) is 0.793. The molecule has 4 rings (SSSR count). The van der Waals surface area contributed by atoms with Crippen LogP contribution in [0.1, 0.15) is 5.56 Å². The summed E-state index contributed by atoms with van der Waals surface area (Å²) in [5.41, 5.74) is 6.32. The van der Waals surface area contributed by atoms with Crippen LogP contribution in [0.2, 0.25) is 0 Å². The molecule has 5 nitrogen and oxygen atoms in total. The van der Waals surface area contributed by atoms with Gasteiger partial charge in [0, 0.05) is 18.0 Å². The summed E-state index contributed by atoms with van der Waals surface area (Å²) in [6.45, 7) is 0. The average Bonchev–Trinajstić information content (AvgIpc) is 3.09. The highest BCUT2D eigenvalue weighted by Crippen LogP contribution is 2.25. The SMILES string of the molecule is Cl.c1ccc(N2N=C(c3ccncc3)NN2c2ccccc2)cc1. The van der Waals surface area contributed by atoms with E-state index in [1.807, 2.05) is 83.0 Å². The Kier molecular flexibility index (Phi) is 4.63. The second-order valence-corrected chi connectivity index (χ2v) is 5.07. The van der Waals surface area contributed by atoms with Gasteiger partial charge in [0.15, 0.2) is 5.84 Å². The van der Waals surface area contributed by atoms with E-state index in [2.05, 4.69) is 10.4 Å². The number of nitrogens with one attached hydrogen (secondary N) is 1. The van der Waals surface area contributed by atoms with Crippen molar-refractivity contribution < 1.29 is 0 Å². The molecule has 1 aliphatic heterocycles. The molecule has 0 saturated heterocycles. The molecule has 0 atom stereocenters. The number of anilines is 2. The van der Waals surface area contributed by atoms with Gasteiger partial charge in [0.25, 0.3) is 0 Å². The smallest absolute Gasteiger partial charge is 0.176 e. The maximum absolute atomic E-state index is 4.72. The lowest BCUT2D eigenvalue weighted by molar-refractivity contribution is 0.771. The van der Waals surface area contributed by atoms with Crippen LogP contribution in [0.3, 0.4) is 0 Å². The minimum atomic E-state index is 0. The predicted molar refractivity (Wildman–Crippen MR) is 99.0 cm³/mol. The van der Waals surface area contributed by atoms with Crippen molar-refractivity contribution in [2.75, 3.05) is 10.2 Å². The maximum atomic E-state index is 4.72. The minimum absolute atomic E-state index is 0. The van der Waals surface area contributed by atoms with E-state index in [-0.39, 0.29) is 12.4 Å². The third-order valence-corrected chi connectivity index (χ3v) is 3.54. The lowest BCUT2D eigenvalue weighted by Crippen LogP contribution is -2.44. The molecule has 1 aliphatic rings. The monoisotopic (exact) mass is 337 g/mol. The molecule has 0 aliphatic carbocycles. The summed E-state index contributed by atoms with van der Waals surface area (Å²) in [6, 6.07) is 24.0. The van der Waals surface area contributed by atoms with Gasteiger partial charge in [-0.25, -0.2) is 0 Å². The van der Waals surface area contributed by atoms with Crippen LogP contribution in [-0.4, -0.2) is 10.8 Å². The second-order valence-electron chi connectivity index (χ2n) is 5.07. The zero-order valence-corrected chi connectivity index (χ0v) is 13.6. The summed E-state index contributed by atoms with van der Waals surface area (Å²) in [5, 5.41) is 8.50. The molecule has 24 heavy (non-hydrogen) atoms. The van der Waals surface area contributed by atoms with Crippen molar-refractivity contribution in [3.05, 3.63) is 90.8 Å². The van der Waals surface area contributed by atoms with E-state index < -0.39 is 0 Å². The molecular weight excluding hydrogens is 322 g/mol. The van der Waals surface area contributed by atoms with Crippen LogP contribution >= 0.6 is 12.4 Å². The Balaban J connectivity index is 0.00000169. The first-order valence-corrected chi connectivity index (χ1v) is 7.38. The van der Waals surface area contributed by atoms with Crippen molar-refractivity contribution >= 4 is 29.6 Å². The molecule has 2 heterocycles. The van der Waals surface area contributed by atoms with Gasteiger partial charge in [-0.15, -0.1) is 17.5 Å². The van der Waals surface area contributed by atoms with Crippen molar-refractivity contribution in [1.82, 2.24) is 10.4 Å². The van der Waals surface area contributed by atoms with Gasteiger partial charge in [0.05, 0.1) is 11.4 Å². The number of para-hydroxylation sites is 2. The average molecular weight is 338 g/mol. The molecule has 2 aromatic carbocycles. The fraction of sp³-hybridized carbons (Fsp3) is 0. The van der Waals surface area contributed by atoms with Gasteiger partial charge in [-0.2, -0.15) is 10.2 Å². The Morgan fingerprint density at radius 3 is 1.92 bits per heavy atom. The Morgan fingerprint density at radius 1 is 0.708 bits per heavy atom. The number of benzene rings is 2. The predicted octanol–water partition coefficient (Wildman–Crippen LogP) is 3.61. The minimum Gasteiger partial charge on any atom is -0.265 e. The number of hydrogen-bond acceptors (Lipinski definition) is 5. The topological polar surface area (TPSA) is 43.8 Å². The van der Waals surface area contributed by atoms with E-state index in [4.69, 9.17) is 5.10 Å². The third-order valence-electron chi connectivity index (χ3n) is 3.54. The van der Waals surface area contributed by atoms with Gasteiger partial charge in [0.1, 0.15) is 0 Å².